The summed E-state index contributed by atoms with van der Waals surface area (Å²) in [5, 5.41) is 18.0. The second-order valence-electron chi connectivity index (χ2n) is 3.40. The van der Waals surface area contributed by atoms with Gasteiger partial charge in [-0.3, -0.25) is 4.79 Å². The molecule has 2 rings (SSSR count). The number of aromatic nitrogens is 2. The van der Waals surface area contributed by atoms with Crippen LogP contribution in [0.2, 0.25) is 5.02 Å². The summed E-state index contributed by atoms with van der Waals surface area (Å²) in [6.45, 7) is 0. The average Bonchev–Trinajstić information content (AvgIpc) is 2.34. The molecule has 1 aromatic carbocycles. The molecule has 0 aliphatic carbocycles. The van der Waals surface area contributed by atoms with Crippen molar-refractivity contribution in [2.75, 3.05) is 5.32 Å². The fraction of sp³-hybridized carbons (Fsp3) is 0. The highest BCUT2D eigenvalue weighted by molar-refractivity contribution is 6.33. The van der Waals surface area contributed by atoms with Crippen LogP contribution in [0.3, 0.4) is 0 Å². The summed E-state index contributed by atoms with van der Waals surface area (Å²) in [5.74, 6) is -1.22. The van der Waals surface area contributed by atoms with Crippen LogP contribution >= 0.6 is 11.6 Å². The molecule has 1 aromatic heterocycles. The molecule has 0 unspecified atom stereocenters. The summed E-state index contributed by atoms with van der Waals surface area (Å²) in [5.41, 5.74) is -0.308. The number of nitrogens with zero attached hydrogens (tertiary/aromatic N) is 1. The molecular weight excluding hydrogens is 258 g/mol. The number of benzene rings is 1. The smallest absolute Gasteiger partial charge is 0.339 e. The van der Waals surface area contributed by atoms with Gasteiger partial charge in [-0.25, -0.2) is 9.89 Å². The second kappa shape index (κ2) is 4.89. The molecule has 0 bridgehead atoms. The number of hydrogen-bond acceptors (Lipinski definition) is 4. The van der Waals surface area contributed by atoms with Crippen LogP contribution in [-0.4, -0.2) is 21.3 Å². The molecule has 0 aliphatic rings. The molecule has 0 saturated carbocycles. The molecular formula is C11H8ClN3O3. The lowest BCUT2D eigenvalue weighted by atomic mass is 10.2. The van der Waals surface area contributed by atoms with E-state index in [0.717, 1.165) is 6.07 Å². The minimum absolute atomic E-state index is 0.0233. The van der Waals surface area contributed by atoms with Crippen LogP contribution in [0, 0.1) is 0 Å². The van der Waals surface area contributed by atoms with Crippen LogP contribution in [-0.2, 0) is 0 Å². The van der Waals surface area contributed by atoms with Crippen LogP contribution in [0.1, 0.15) is 10.4 Å². The second-order valence-corrected chi connectivity index (χ2v) is 3.81. The molecule has 92 valence electrons. The normalized spacial score (nSPS) is 10.1. The van der Waals surface area contributed by atoms with Gasteiger partial charge in [-0.05, 0) is 12.1 Å². The number of nitrogens with one attached hydrogen (secondary N) is 2. The van der Waals surface area contributed by atoms with Crippen LogP contribution in [0.15, 0.2) is 35.1 Å². The van der Waals surface area contributed by atoms with E-state index < -0.39 is 11.5 Å². The van der Waals surface area contributed by atoms with Crippen molar-refractivity contribution in [1.82, 2.24) is 10.2 Å². The quantitative estimate of drug-likeness (QED) is 0.787. The van der Waals surface area contributed by atoms with Crippen molar-refractivity contribution in [3.05, 3.63) is 51.3 Å². The topological polar surface area (TPSA) is 95.1 Å². The van der Waals surface area contributed by atoms with Gasteiger partial charge < -0.3 is 10.4 Å². The third-order valence-electron chi connectivity index (χ3n) is 2.17. The predicted molar refractivity (Wildman–Crippen MR) is 66.6 cm³/mol. The molecule has 0 amide bonds. The molecule has 7 heteroatoms. The van der Waals surface area contributed by atoms with Gasteiger partial charge in [-0.15, -0.1) is 0 Å². The number of carboxylic acid groups (broad SMARTS) is 1. The molecule has 0 atom stereocenters. The first-order valence-electron chi connectivity index (χ1n) is 4.92. The van der Waals surface area contributed by atoms with E-state index in [1.165, 1.54) is 0 Å². The summed E-state index contributed by atoms with van der Waals surface area (Å²) in [6.07, 6.45) is 0. The van der Waals surface area contributed by atoms with Gasteiger partial charge in [0.15, 0.2) is 5.82 Å². The molecule has 18 heavy (non-hydrogen) atoms. The van der Waals surface area contributed by atoms with Gasteiger partial charge in [0.25, 0.3) is 5.56 Å². The van der Waals surface area contributed by atoms with Crippen molar-refractivity contribution >= 4 is 29.1 Å². The zero-order valence-corrected chi connectivity index (χ0v) is 9.73. The first kappa shape index (κ1) is 12.1. The standard InChI is InChI=1S/C11H8ClN3O3/c12-7-3-1-2-4-8(7)13-10-6(11(17)18)5-9(16)14-15-10/h1-5H,(H,13,15)(H,14,16)(H,17,18). The van der Waals surface area contributed by atoms with Gasteiger partial charge >= 0.3 is 5.97 Å². The number of anilines is 2. The summed E-state index contributed by atoms with van der Waals surface area (Å²) >= 11 is 5.93. The summed E-state index contributed by atoms with van der Waals surface area (Å²) in [6, 6.07) is 7.75. The summed E-state index contributed by atoms with van der Waals surface area (Å²) in [7, 11) is 0. The highest BCUT2D eigenvalue weighted by Crippen LogP contribution is 2.24. The minimum atomic E-state index is -1.25. The van der Waals surface area contributed by atoms with E-state index >= 15 is 0 Å². The first-order valence-corrected chi connectivity index (χ1v) is 5.30. The minimum Gasteiger partial charge on any atom is -0.478 e. The third-order valence-corrected chi connectivity index (χ3v) is 2.50. The van der Waals surface area contributed by atoms with E-state index in [4.69, 9.17) is 16.7 Å². The zero-order chi connectivity index (χ0) is 13.1. The Balaban J connectivity index is 2.44. The number of carboxylic acids is 1. The highest BCUT2D eigenvalue weighted by Gasteiger charge is 2.13. The van der Waals surface area contributed by atoms with E-state index in [9.17, 15) is 9.59 Å². The Morgan fingerprint density at radius 1 is 1.39 bits per heavy atom. The Morgan fingerprint density at radius 3 is 2.78 bits per heavy atom. The lowest BCUT2D eigenvalue weighted by Gasteiger charge is -2.08. The maximum absolute atomic E-state index is 11.0. The van der Waals surface area contributed by atoms with Crippen LogP contribution in [0.25, 0.3) is 0 Å². The van der Waals surface area contributed by atoms with Crippen LogP contribution < -0.4 is 10.9 Å². The van der Waals surface area contributed by atoms with Crippen molar-refractivity contribution in [2.45, 2.75) is 0 Å². The number of H-pyrrole nitrogens is 1. The molecule has 6 nitrogen and oxygen atoms in total. The highest BCUT2D eigenvalue weighted by atomic mass is 35.5. The fourth-order valence-electron chi connectivity index (χ4n) is 1.35. The maximum Gasteiger partial charge on any atom is 0.339 e. The first-order chi connectivity index (χ1) is 8.58. The third kappa shape index (κ3) is 2.49. The molecule has 0 radical (unpaired) electrons. The SMILES string of the molecule is O=C(O)c1cc(=O)[nH]nc1Nc1ccccc1Cl. The number of para-hydroxylation sites is 1. The van der Waals surface area contributed by atoms with Crippen molar-refractivity contribution in [3.63, 3.8) is 0 Å². The Kier molecular flexibility index (Phi) is 3.29. The van der Waals surface area contributed by atoms with Gasteiger partial charge in [-0.1, -0.05) is 23.7 Å². The molecule has 3 N–H and O–H groups in total. The maximum atomic E-state index is 11.0. The molecule has 0 spiro atoms. The van der Waals surface area contributed by atoms with Gasteiger partial charge in [0.1, 0.15) is 5.56 Å². The molecule has 2 aromatic rings. The Labute approximate surface area is 106 Å². The van der Waals surface area contributed by atoms with E-state index in [0.29, 0.717) is 10.7 Å². The fourth-order valence-corrected chi connectivity index (χ4v) is 1.53. The van der Waals surface area contributed by atoms with Gasteiger partial charge in [0, 0.05) is 6.07 Å². The Hall–Kier alpha value is -2.34. The van der Waals surface area contributed by atoms with Gasteiger partial charge in [-0.2, -0.15) is 5.10 Å². The van der Waals surface area contributed by atoms with Crippen molar-refractivity contribution < 1.29 is 9.90 Å². The lowest BCUT2D eigenvalue weighted by molar-refractivity contribution is 0.0697. The lowest BCUT2D eigenvalue weighted by Crippen LogP contribution is -2.14. The Morgan fingerprint density at radius 2 is 2.11 bits per heavy atom. The van der Waals surface area contributed by atoms with Crippen molar-refractivity contribution in [3.8, 4) is 0 Å². The van der Waals surface area contributed by atoms with E-state index in [-0.39, 0.29) is 11.4 Å². The Bertz CT molecular complexity index is 654. The van der Waals surface area contributed by atoms with Gasteiger partial charge in [0.2, 0.25) is 0 Å². The molecule has 0 fully saturated rings. The number of rotatable bonds is 3. The predicted octanol–water partition coefficient (Wildman–Crippen LogP) is 1.87. The number of aromatic carboxylic acids is 1. The van der Waals surface area contributed by atoms with Crippen molar-refractivity contribution in [1.29, 1.82) is 0 Å². The molecule has 0 saturated heterocycles. The zero-order valence-electron chi connectivity index (χ0n) is 8.98. The molecule has 0 aliphatic heterocycles. The van der Waals surface area contributed by atoms with E-state index in [2.05, 4.69) is 15.5 Å². The van der Waals surface area contributed by atoms with Crippen LogP contribution in [0.4, 0.5) is 11.5 Å². The summed E-state index contributed by atoms with van der Waals surface area (Å²) < 4.78 is 0. The summed E-state index contributed by atoms with van der Waals surface area (Å²) in [4.78, 5) is 22.0. The van der Waals surface area contributed by atoms with Gasteiger partial charge in [0.05, 0.1) is 10.7 Å². The largest absolute Gasteiger partial charge is 0.478 e. The van der Waals surface area contributed by atoms with Crippen molar-refractivity contribution in [2.24, 2.45) is 0 Å². The van der Waals surface area contributed by atoms with Crippen LogP contribution in [0.5, 0.6) is 0 Å². The number of halogens is 1. The molecule has 1 heterocycles. The number of carbonyl (C=O) groups is 1. The number of aromatic amines is 1. The average molecular weight is 266 g/mol. The monoisotopic (exact) mass is 265 g/mol. The van der Waals surface area contributed by atoms with E-state index in [1.54, 1.807) is 24.3 Å². The number of hydrogen-bond donors (Lipinski definition) is 3. The van der Waals surface area contributed by atoms with E-state index in [1.807, 2.05) is 0 Å².